The van der Waals surface area contributed by atoms with Gasteiger partial charge in [0.25, 0.3) is 0 Å². The Morgan fingerprint density at radius 2 is 1.87 bits per heavy atom. The SMILES string of the molecule is C/C(=C\C1CC[C@@]2(O)[C@@H]3CCC4CC(O)CC[C@]4(C)[C@@H]3CC[C@]12C)CNNC(=N)N. The van der Waals surface area contributed by atoms with Gasteiger partial charge < -0.3 is 15.9 Å². The van der Waals surface area contributed by atoms with E-state index >= 15 is 0 Å². The van der Waals surface area contributed by atoms with Crippen molar-refractivity contribution in [1.82, 2.24) is 10.9 Å². The molecule has 4 aliphatic rings. The first-order valence-electron chi connectivity index (χ1n) is 12.0. The van der Waals surface area contributed by atoms with Crippen LogP contribution in [-0.4, -0.2) is 34.4 Å². The second-order valence-electron chi connectivity index (χ2n) is 11.4. The third kappa shape index (κ3) is 3.39. The first-order chi connectivity index (χ1) is 14.1. The molecule has 0 heterocycles. The first kappa shape index (κ1) is 22.1. The highest BCUT2D eigenvalue weighted by Gasteiger charge is 2.66. The summed E-state index contributed by atoms with van der Waals surface area (Å²) in [6.07, 6.45) is 11.8. The van der Waals surface area contributed by atoms with Crippen LogP contribution in [0.1, 0.15) is 78.6 Å². The van der Waals surface area contributed by atoms with Crippen molar-refractivity contribution in [3.63, 3.8) is 0 Å². The van der Waals surface area contributed by atoms with E-state index in [2.05, 4.69) is 37.7 Å². The lowest BCUT2D eigenvalue weighted by atomic mass is 9.43. The van der Waals surface area contributed by atoms with E-state index < -0.39 is 5.60 Å². The summed E-state index contributed by atoms with van der Waals surface area (Å²) >= 11 is 0. The molecule has 170 valence electrons. The van der Waals surface area contributed by atoms with Crippen LogP contribution in [0.2, 0.25) is 0 Å². The molecule has 0 amide bonds. The lowest BCUT2D eigenvalue weighted by Crippen LogP contribution is -2.62. The van der Waals surface area contributed by atoms with Crippen molar-refractivity contribution in [2.45, 2.75) is 90.3 Å². The van der Waals surface area contributed by atoms with Gasteiger partial charge in [-0.2, -0.15) is 0 Å². The maximum Gasteiger partial charge on any atom is 0.200 e. The third-order valence-electron chi connectivity index (χ3n) is 9.97. The molecule has 4 fully saturated rings. The number of hydrogen-bond acceptors (Lipinski definition) is 4. The van der Waals surface area contributed by atoms with Crippen LogP contribution in [0.5, 0.6) is 0 Å². The predicted octanol–water partition coefficient (Wildman–Crippen LogP) is 3.06. The third-order valence-corrected chi connectivity index (χ3v) is 9.97. The van der Waals surface area contributed by atoms with Crippen LogP contribution in [0, 0.1) is 39.9 Å². The summed E-state index contributed by atoms with van der Waals surface area (Å²) in [5.41, 5.74) is 11.8. The number of nitrogens with one attached hydrogen (secondary N) is 3. The van der Waals surface area contributed by atoms with E-state index in [0.29, 0.717) is 30.2 Å². The van der Waals surface area contributed by atoms with E-state index in [0.717, 1.165) is 51.4 Å². The molecule has 4 saturated carbocycles. The van der Waals surface area contributed by atoms with Gasteiger partial charge in [0, 0.05) is 12.0 Å². The molecule has 4 rings (SSSR count). The molecular weight excluding hydrogens is 376 g/mol. The second kappa shape index (κ2) is 7.79. The van der Waals surface area contributed by atoms with Gasteiger partial charge in [-0.3, -0.25) is 10.8 Å². The molecule has 0 aromatic carbocycles. The van der Waals surface area contributed by atoms with E-state index in [4.69, 9.17) is 11.1 Å². The lowest BCUT2D eigenvalue weighted by Gasteiger charge is -2.63. The van der Waals surface area contributed by atoms with Crippen molar-refractivity contribution in [2.75, 3.05) is 6.54 Å². The highest BCUT2D eigenvalue weighted by molar-refractivity contribution is 5.73. The summed E-state index contributed by atoms with van der Waals surface area (Å²) in [5, 5.41) is 29.7. The fourth-order valence-electron chi connectivity index (χ4n) is 8.19. The molecule has 30 heavy (non-hydrogen) atoms. The molecule has 0 saturated heterocycles. The van der Waals surface area contributed by atoms with Crippen LogP contribution < -0.4 is 16.6 Å². The van der Waals surface area contributed by atoms with Crippen LogP contribution in [0.15, 0.2) is 11.6 Å². The minimum atomic E-state index is -0.577. The number of guanidine groups is 1. The number of allylic oxidation sites excluding steroid dienone is 1. The van der Waals surface area contributed by atoms with Crippen molar-refractivity contribution in [3.8, 4) is 0 Å². The Kier molecular flexibility index (Phi) is 5.74. The zero-order valence-corrected chi connectivity index (χ0v) is 19.0. The molecular formula is C24H42N4O2. The Hall–Kier alpha value is -1.11. The number of fused-ring (bicyclic) bond motifs is 5. The lowest BCUT2D eigenvalue weighted by molar-refractivity contribution is -0.207. The van der Waals surface area contributed by atoms with Gasteiger partial charge in [-0.1, -0.05) is 25.5 Å². The molecule has 0 aromatic heterocycles. The van der Waals surface area contributed by atoms with Crippen LogP contribution in [0.4, 0.5) is 0 Å². The van der Waals surface area contributed by atoms with Gasteiger partial charge in [0.2, 0.25) is 0 Å². The summed E-state index contributed by atoms with van der Waals surface area (Å²) in [5.74, 6) is 1.91. The van der Waals surface area contributed by atoms with Crippen molar-refractivity contribution >= 4 is 5.96 Å². The van der Waals surface area contributed by atoms with Crippen LogP contribution in [0.3, 0.4) is 0 Å². The van der Waals surface area contributed by atoms with E-state index in [-0.39, 0.29) is 22.9 Å². The number of hydrogen-bond donors (Lipinski definition) is 6. The molecule has 0 aliphatic heterocycles. The van der Waals surface area contributed by atoms with Gasteiger partial charge in [-0.05, 0) is 93.8 Å². The average Bonchev–Trinajstić information content (AvgIpc) is 2.93. The molecule has 0 radical (unpaired) electrons. The zero-order valence-electron chi connectivity index (χ0n) is 19.0. The topological polar surface area (TPSA) is 114 Å². The van der Waals surface area contributed by atoms with Gasteiger partial charge in [-0.15, -0.1) is 0 Å². The molecule has 7 N–H and O–H groups in total. The number of hydrazine groups is 1. The number of rotatable bonds is 4. The van der Waals surface area contributed by atoms with Gasteiger partial charge in [0.15, 0.2) is 5.96 Å². The minimum Gasteiger partial charge on any atom is -0.393 e. The minimum absolute atomic E-state index is 0.0686. The summed E-state index contributed by atoms with van der Waals surface area (Å²) < 4.78 is 0. The number of aliphatic hydroxyl groups is 2. The van der Waals surface area contributed by atoms with Crippen LogP contribution in [0.25, 0.3) is 0 Å². The zero-order chi connectivity index (χ0) is 21.7. The molecule has 6 heteroatoms. The molecule has 4 aliphatic carbocycles. The maximum atomic E-state index is 12.2. The molecule has 0 bridgehead atoms. The number of nitrogens with two attached hydrogens (primary N) is 1. The summed E-state index contributed by atoms with van der Waals surface area (Å²) in [4.78, 5) is 0. The standard InChI is InChI=1S/C24H42N4O2/c1-15(14-27-28-21(25)26)12-17-6-11-24(30)20-5-4-16-13-18(29)7-9-22(16,2)19(20)8-10-23(17,24)3/h12,16-20,27,29-30H,4-11,13-14H2,1-3H3,(H4,25,26,28)/b15-12+/t16?,17?,18?,19-,20-,22+,23-,24-/m1/s1. The Labute approximate surface area is 181 Å². The van der Waals surface area contributed by atoms with Crippen molar-refractivity contribution in [2.24, 2.45) is 40.2 Å². The fourth-order valence-corrected chi connectivity index (χ4v) is 8.19. The van der Waals surface area contributed by atoms with Crippen molar-refractivity contribution < 1.29 is 10.2 Å². The van der Waals surface area contributed by atoms with Gasteiger partial charge in [-0.25, -0.2) is 5.43 Å². The van der Waals surface area contributed by atoms with Crippen molar-refractivity contribution in [3.05, 3.63) is 11.6 Å². The molecule has 3 unspecified atom stereocenters. The Bertz CT molecular complexity index is 711. The normalized spacial score (nSPS) is 48.4. The second-order valence-corrected chi connectivity index (χ2v) is 11.4. The monoisotopic (exact) mass is 418 g/mol. The van der Waals surface area contributed by atoms with E-state index in [1.54, 1.807) is 0 Å². The highest BCUT2D eigenvalue weighted by Crippen LogP contribution is 2.69. The van der Waals surface area contributed by atoms with Crippen molar-refractivity contribution in [1.29, 1.82) is 5.41 Å². The van der Waals surface area contributed by atoms with Crippen LogP contribution in [-0.2, 0) is 0 Å². The number of aliphatic hydroxyl groups excluding tert-OH is 1. The summed E-state index contributed by atoms with van der Waals surface area (Å²) in [7, 11) is 0. The van der Waals surface area contributed by atoms with E-state index in [1.807, 2.05) is 0 Å². The van der Waals surface area contributed by atoms with Gasteiger partial charge in [0.05, 0.1) is 11.7 Å². The van der Waals surface area contributed by atoms with Crippen LogP contribution >= 0.6 is 0 Å². The smallest absolute Gasteiger partial charge is 0.200 e. The van der Waals surface area contributed by atoms with Gasteiger partial charge in [0.1, 0.15) is 0 Å². The van der Waals surface area contributed by atoms with E-state index in [9.17, 15) is 10.2 Å². The molecule has 6 nitrogen and oxygen atoms in total. The molecule has 0 aromatic rings. The Morgan fingerprint density at radius 1 is 1.10 bits per heavy atom. The maximum absolute atomic E-state index is 12.2. The van der Waals surface area contributed by atoms with Gasteiger partial charge >= 0.3 is 0 Å². The predicted molar refractivity (Wildman–Crippen MR) is 119 cm³/mol. The first-order valence-corrected chi connectivity index (χ1v) is 12.0. The molecule has 0 spiro atoms. The van der Waals surface area contributed by atoms with E-state index in [1.165, 1.54) is 12.0 Å². The Balaban J connectivity index is 1.52. The quantitative estimate of drug-likeness (QED) is 0.182. The highest BCUT2D eigenvalue weighted by atomic mass is 16.3. The summed E-state index contributed by atoms with van der Waals surface area (Å²) in [6, 6.07) is 0. The Morgan fingerprint density at radius 3 is 2.60 bits per heavy atom. The fraction of sp³-hybridized carbons (Fsp3) is 0.875. The summed E-state index contributed by atoms with van der Waals surface area (Å²) in [6.45, 7) is 7.56. The average molecular weight is 419 g/mol. The molecule has 8 atom stereocenters. The largest absolute Gasteiger partial charge is 0.393 e.